The molecule has 9 nitrogen and oxygen atoms in total. The van der Waals surface area contributed by atoms with Gasteiger partial charge in [-0.25, -0.2) is 19.9 Å². The smallest absolute Gasteiger partial charge is 0.233 e. The minimum atomic E-state index is -1.36. The first-order chi connectivity index (χ1) is 16.0. The van der Waals surface area contributed by atoms with Crippen LogP contribution < -0.4 is 15.0 Å². The summed E-state index contributed by atoms with van der Waals surface area (Å²) >= 11 is 0. The molecule has 0 fully saturated rings. The number of carbonyl (C=O) groups is 1. The molecule has 1 amide bonds. The Hall–Kier alpha value is -3.40. The molecule has 3 aromatic rings. The molecule has 1 aromatic carbocycles. The number of nitrogens with zero attached hydrogens (tertiary/aromatic N) is 5. The van der Waals surface area contributed by atoms with Gasteiger partial charge in [-0.15, -0.1) is 0 Å². The molecule has 0 saturated heterocycles. The number of nitrogens with one attached hydrogen (secondary N) is 1. The van der Waals surface area contributed by atoms with E-state index in [9.17, 15) is 9.00 Å². The Morgan fingerprint density at radius 1 is 1.12 bits per heavy atom. The first kappa shape index (κ1) is 22.8. The number of ether oxygens (including phenoxy) is 1. The van der Waals surface area contributed by atoms with Crippen molar-refractivity contribution in [3.63, 3.8) is 0 Å². The Bertz CT molecular complexity index is 1170. The van der Waals surface area contributed by atoms with E-state index in [-0.39, 0.29) is 17.5 Å². The highest BCUT2D eigenvalue weighted by molar-refractivity contribution is 7.84. The van der Waals surface area contributed by atoms with Gasteiger partial charge in [0.2, 0.25) is 11.1 Å². The van der Waals surface area contributed by atoms with Crippen LogP contribution in [0, 0.1) is 6.92 Å². The molecule has 33 heavy (non-hydrogen) atoms. The predicted molar refractivity (Wildman–Crippen MR) is 126 cm³/mol. The molecule has 4 rings (SSSR count). The number of hydrogen-bond acceptors (Lipinski definition) is 8. The van der Waals surface area contributed by atoms with Gasteiger partial charge in [0, 0.05) is 35.8 Å². The summed E-state index contributed by atoms with van der Waals surface area (Å²) in [6.07, 6.45) is 4.32. The summed E-state index contributed by atoms with van der Waals surface area (Å²) in [4.78, 5) is 32.0. The molecule has 1 aliphatic rings. The van der Waals surface area contributed by atoms with Crippen LogP contribution in [0.25, 0.3) is 0 Å². The van der Waals surface area contributed by atoms with Crippen LogP contribution in [0.15, 0.2) is 41.8 Å². The number of fused-ring (bicyclic) bond motifs is 1. The summed E-state index contributed by atoms with van der Waals surface area (Å²) in [6.45, 7) is 4.55. The van der Waals surface area contributed by atoms with Crippen molar-refractivity contribution in [1.29, 1.82) is 0 Å². The molecular formula is C23H26N6O3S. The van der Waals surface area contributed by atoms with Crippen LogP contribution in [-0.4, -0.2) is 42.9 Å². The van der Waals surface area contributed by atoms with Crippen molar-refractivity contribution in [3.05, 3.63) is 59.2 Å². The van der Waals surface area contributed by atoms with Crippen molar-refractivity contribution in [1.82, 2.24) is 19.9 Å². The maximum Gasteiger partial charge on any atom is 0.233 e. The molecule has 3 heterocycles. The lowest BCUT2D eigenvalue weighted by molar-refractivity contribution is -0.117. The molecular weight excluding hydrogens is 440 g/mol. The predicted octanol–water partition coefficient (Wildman–Crippen LogP) is 2.80. The molecule has 0 aliphatic carbocycles. The lowest BCUT2D eigenvalue weighted by atomic mass is 10.2. The van der Waals surface area contributed by atoms with E-state index in [1.165, 1.54) is 0 Å². The maximum atomic E-state index is 12.9. The Labute approximate surface area is 195 Å². The van der Waals surface area contributed by atoms with Gasteiger partial charge in [-0.3, -0.25) is 13.9 Å². The molecule has 1 aliphatic heterocycles. The number of aryl methyl sites for hydroxylation is 1. The maximum absolute atomic E-state index is 12.9. The monoisotopic (exact) mass is 466 g/mol. The average Bonchev–Trinajstić information content (AvgIpc) is 3.14. The van der Waals surface area contributed by atoms with Crippen LogP contribution in [0.4, 0.5) is 11.6 Å². The van der Waals surface area contributed by atoms with Gasteiger partial charge in [-0.1, -0.05) is 19.1 Å². The summed E-state index contributed by atoms with van der Waals surface area (Å²) in [5.41, 5.74) is 2.53. The van der Waals surface area contributed by atoms with Crippen molar-refractivity contribution in [2.75, 3.05) is 23.1 Å². The molecule has 172 valence electrons. The third-order valence-electron chi connectivity index (χ3n) is 5.24. The summed E-state index contributed by atoms with van der Waals surface area (Å²) in [7, 11) is 0.270. The fourth-order valence-corrected chi connectivity index (χ4v) is 4.44. The quantitative estimate of drug-likeness (QED) is 0.480. The third kappa shape index (κ3) is 5.16. The van der Waals surface area contributed by atoms with Gasteiger partial charge < -0.3 is 10.1 Å². The van der Waals surface area contributed by atoms with Crippen LogP contribution in [0.5, 0.6) is 5.75 Å². The van der Waals surface area contributed by atoms with E-state index >= 15 is 0 Å². The Kier molecular flexibility index (Phi) is 6.93. The number of amides is 1. The van der Waals surface area contributed by atoms with E-state index in [1.54, 1.807) is 24.4 Å². The molecule has 0 bridgehead atoms. The van der Waals surface area contributed by atoms with Gasteiger partial charge in [0.15, 0.2) is 0 Å². The van der Waals surface area contributed by atoms with Gasteiger partial charge in [0.05, 0.1) is 30.9 Å². The number of benzene rings is 1. The van der Waals surface area contributed by atoms with Gasteiger partial charge >= 0.3 is 0 Å². The van der Waals surface area contributed by atoms with Crippen LogP contribution in [0.1, 0.15) is 35.9 Å². The van der Waals surface area contributed by atoms with Crippen LogP contribution in [-0.2, 0) is 35.1 Å². The number of rotatable bonds is 9. The minimum Gasteiger partial charge on any atom is -0.497 e. The van der Waals surface area contributed by atoms with Crippen molar-refractivity contribution in [2.45, 2.75) is 44.9 Å². The minimum absolute atomic E-state index is 0.0919. The van der Waals surface area contributed by atoms with Crippen LogP contribution in [0.2, 0.25) is 0 Å². The summed E-state index contributed by atoms with van der Waals surface area (Å²) in [5, 5.41) is 3.55. The molecule has 1 unspecified atom stereocenters. The van der Waals surface area contributed by atoms with Crippen molar-refractivity contribution < 1.29 is 13.7 Å². The highest BCUT2D eigenvalue weighted by Crippen LogP contribution is 2.34. The fourth-order valence-electron chi connectivity index (χ4n) is 3.50. The highest BCUT2D eigenvalue weighted by atomic mass is 32.2. The normalized spacial score (nSPS) is 13.7. The van der Waals surface area contributed by atoms with E-state index in [0.29, 0.717) is 41.9 Å². The second-order valence-electron chi connectivity index (χ2n) is 7.70. The Morgan fingerprint density at radius 2 is 1.85 bits per heavy atom. The Morgan fingerprint density at radius 3 is 2.52 bits per heavy atom. The number of aromatic nitrogens is 4. The zero-order chi connectivity index (χ0) is 23.4. The SMILES string of the molecule is CCCS(=O)c1nc(NCc2ccc(OC)cc2)c2c(n1)N(Cc1cnc(C)nc1)C(=O)C2. The molecule has 0 spiro atoms. The highest BCUT2D eigenvalue weighted by Gasteiger charge is 2.33. The molecule has 1 N–H and O–H groups in total. The second-order valence-corrected chi connectivity index (χ2v) is 9.17. The van der Waals surface area contributed by atoms with Gasteiger partial charge in [-0.05, 0) is 31.0 Å². The van der Waals surface area contributed by atoms with E-state index in [4.69, 9.17) is 4.74 Å². The van der Waals surface area contributed by atoms with Crippen LogP contribution >= 0.6 is 0 Å². The third-order valence-corrected chi connectivity index (χ3v) is 6.61. The molecule has 10 heteroatoms. The first-order valence-electron chi connectivity index (χ1n) is 10.7. The van der Waals surface area contributed by atoms with Gasteiger partial charge in [0.25, 0.3) is 0 Å². The number of hydrogen-bond donors (Lipinski definition) is 1. The van der Waals surface area contributed by atoms with Crippen LogP contribution in [0.3, 0.4) is 0 Å². The molecule has 1 atom stereocenters. The second kappa shape index (κ2) is 10.0. The topological polar surface area (TPSA) is 110 Å². The van der Waals surface area contributed by atoms with Crippen molar-refractivity contribution >= 4 is 28.3 Å². The number of anilines is 2. The zero-order valence-electron chi connectivity index (χ0n) is 18.9. The van der Waals surface area contributed by atoms with Gasteiger partial charge in [0.1, 0.15) is 23.2 Å². The van der Waals surface area contributed by atoms with Crippen molar-refractivity contribution in [2.24, 2.45) is 0 Å². The van der Waals surface area contributed by atoms with E-state index in [2.05, 4.69) is 25.3 Å². The fraction of sp³-hybridized carbons (Fsp3) is 0.348. The summed E-state index contributed by atoms with van der Waals surface area (Å²) in [5.74, 6) is 2.83. The number of methoxy groups -OCH3 is 1. The van der Waals surface area contributed by atoms with E-state index in [1.807, 2.05) is 38.1 Å². The average molecular weight is 467 g/mol. The first-order valence-corrected chi connectivity index (χ1v) is 12.0. The summed E-state index contributed by atoms with van der Waals surface area (Å²) < 4.78 is 18.0. The lowest BCUT2D eigenvalue weighted by Crippen LogP contribution is -2.27. The zero-order valence-corrected chi connectivity index (χ0v) is 19.7. The molecule has 0 radical (unpaired) electrons. The Balaban J connectivity index is 1.65. The van der Waals surface area contributed by atoms with Crippen molar-refractivity contribution in [3.8, 4) is 5.75 Å². The standard InChI is InChI=1S/C23H26N6O3S/c1-4-9-33(31)23-27-21(26-11-16-5-7-18(32-3)8-6-16)19-10-20(30)29(22(19)28-23)14-17-12-24-15(2)25-13-17/h5-8,12-13H,4,9-11,14H2,1-3H3,(H,26,27,28). The van der Waals surface area contributed by atoms with E-state index < -0.39 is 10.8 Å². The lowest BCUT2D eigenvalue weighted by Gasteiger charge is -2.18. The summed E-state index contributed by atoms with van der Waals surface area (Å²) in [6, 6.07) is 7.69. The molecule has 0 saturated carbocycles. The van der Waals surface area contributed by atoms with Gasteiger partial charge in [-0.2, -0.15) is 0 Å². The number of carbonyl (C=O) groups excluding carboxylic acids is 1. The largest absolute Gasteiger partial charge is 0.497 e. The molecule has 2 aromatic heterocycles. The van der Waals surface area contributed by atoms with E-state index in [0.717, 1.165) is 23.3 Å².